The third kappa shape index (κ3) is 3.28. The average Bonchev–Trinajstić information content (AvgIpc) is 3.10. The molecule has 0 spiro atoms. The van der Waals surface area contributed by atoms with E-state index in [-0.39, 0.29) is 17.4 Å². The fourth-order valence-corrected chi connectivity index (χ4v) is 2.86. The van der Waals surface area contributed by atoms with Gasteiger partial charge in [0.15, 0.2) is 0 Å². The monoisotopic (exact) mass is 255 g/mol. The minimum atomic E-state index is -3.49. The summed E-state index contributed by atoms with van der Waals surface area (Å²) in [6, 6.07) is 6.73. The second kappa shape index (κ2) is 4.76. The van der Waals surface area contributed by atoms with Gasteiger partial charge in [0.25, 0.3) is 0 Å². The van der Waals surface area contributed by atoms with Crippen LogP contribution >= 0.6 is 0 Å². The largest absolute Gasteiger partial charge is 0.391 e. The molecule has 2 rings (SSSR count). The Hall–Kier alpha value is -0.910. The first-order valence-electron chi connectivity index (χ1n) is 5.73. The minimum Gasteiger partial charge on any atom is -0.391 e. The van der Waals surface area contributed by atoms with Crippen LogP contribution in [0.5, 0.6) is 0 Å². The van der Waals surface area contributed by atoms with Crippen LogP contribution in [0.2, 0.25) is 0 Å². The highest BCUT2D eigenvalue weighted by Gasteiger charge is 2.30. The first-order chi connectivity index (χ1) is 7.99. The number of aryl methyl sites for hydroxylation is 1. The van der Waals surface area contributed by atoms with E-state index in [1.54, 1.807) is 18.2 Å². The fourth-order valence-electron chi connectivity index (χ4n) is 1.71. The number of rotatable bonds is 5. The van der Waals surface area contributed by atoms with Crippen molar-refractivity contribution in [3.05, 3.63) is 29.8 Å². The molecule has 0 heterocycles. The lowest BCUT2D eigenvalue weighted by Crippen LogP contribution is -2.33. The molecule has 1 aromatic carbocycles. The van der Waals surface area contributed by atoms with Crippen molar-refractivity contribution in [2.45, 2.75) is 30.8 Å². The predicted octanol–water partition coefficient (Wildman–Crippen LogP) is 1.04. The molecule has 1 aromatic rings. The summed E-state index contributed by atoms with van der Waals surface area (Å²) in [5.41, 5.74) is 0.899. The molecule has 4 nitrogen and oxygen atoms in total. The predicted molar refractivity (Wildman–Crippen MR) is 65.1 cm³/mol. The molecule has 17 heavy (non-hydrogen) atoms. The van der Waals surface area contributed by atoms with Crippen LogP contribution in [-0.2, 0) is 10.0 Å². The highest BCUT2D eigenvalue weighted by Crippen LogP contribution is 2.32. The van der Waals surface area contributed by atoms with E-state index < -0.39 is 16.1 Å². The summed E-state index contributed by atoms with van der Waals surface area (Å²) >= 11 is 0. The first-order valence-corrected chi connectivity index (χ1v) is 7.22. The SMILES string of the molecule is Cc1cccc(S(=O)(=O)NCC(O)C2CC2)c1. The zero-order chi connectivity index (χ0) is 12.5. The molecule has 2 N–H and O–H groups in total. The Morgan fingerprint density at radius 1 is 1.47 bits per heavy atom. The summed E-state index contributed by atoms with van der Waals surface area (Å²) in [5, 5.41) is 9.63. The summed E-state index contributed by atoms with van der Waals surface area (Å²) in [7, 11) is -3.49. The van der Waals surface area contributed by atoms with E-state index in [1.807, 2.05) is 13.0 Å². The molecule has 0 aromatic heterocycles. The lowest BCUT2D eigenvalue weighted by Gasteiger charge is -2.11. The van der Waals surface area contributed by atoms with Crippen molar-refractivity contribution in [1.29, 1.82) is 0 Å². The number of aliphatic hydroxyl groups is 1. The highest BCUT2D eigenvalue weighted by molar-refractivity contribution is 7.89. The number of benzene rings is 1. The van der Waals surface area contributed by atoms with Crippen molar-refractivity contribution in [2.24, 2.45) is 5.92 Å². The molecule has 1 atom stereocenters. The smallest absolute Gasteiger partial charge is 0.240 e. The lowest BCUT2D eigenvalue weighted by molar-refractivity contribution is 0.155. The van der Waals surface area contributed by atoms with Crippen molar-refractivity contribution >= 4 is 10.0 Å². The van der Waals surface area contributed by atoms with Gasteiger partial charge in [0.1, 0.15) is 0 Å². The first kappa shape index (κ1) is 12.5. The Bertz CT molecular complexity index is 494. The fraction of sp³-hybridized carbons (Fsp3) is 0.500. The van der Waals surface area contributed by atoms with E-state index >= 15 is 0 Å². The zero-order valence-electron chi connectivity index (χ0n) is 9.76. The molecular formula is C12H17NO3S. The van der Waals surface area contributed by atoms with Crippen molar-refractivity contribution in [3.8, 4) is 0 Å². The second-order valence-electron chi connectivity index (χ2n) is 4.57. The molecule has 94 valence electrons. The van der Waals surface area contributed by atoms with Crippen LogP contribution in [0.15, 0.2) is 29.2 Å². The van der Waals surface area contributed by atoms with E-state index in [2.05, 4.69) is 4.72 Å². The molecule has 0 amide bonds. The Kier molecular flexibility index (Phi) is 3.51. The minimum absolute atomic E-state index is 0.0982. The molecule has 0 bridgehead atoms. The van der Waals surface area contributed by atoms with Crippen LogP contribution in [0, 0.1) is 12.8 Å². The van der Waals surface area contributed by atoms with Gasteiger partial charge in [0, 0.05) is 6.54 Å². The van der Waals surface area contributed by atoms with Crippen LogP contribution < -0.4 is 4.72 Å². The third-order valence-corrected chi connectivity index (χ3v) is 4.37. The Balaban J connectivity index is 2.03. The number of aliphatic hydroxyl groups excluding tert-OH is 1. The molecule has 1 unspecified atom stereocenters. The topological polar surface area (TPSA) is 66.4 Å². The molecule has 1 aliphatic rings. The molecular weight excluding hydrogens is 238 g/mol. The van der Waals surface area contributed by atoms with Gasteiger partial charge in [-0.2, -0.15) is 0 Å². The van der Waals surface area contributed by atoms with Gasteiger partial charge in [0.2, 0.25) is 10.0 Å². The van der Waals surface area contributed by atoms with E-state index in [0.717, 1.165) is 18.4 Å². The highest BCUT2D eigenvalue weighted by atomic mass is 32.2. The normalized spacial score (nSPS) is 18.0. The van der Waals surface area contributed by atoms with Crippen LogP contribution in [-0.4, -0.2) is 26.2 Å². The molecule has 5 heteroatoms. The number of sulfonamides is 1. The Labute approximate surface area is 102 Å². The van der Waals surface area contributed by atoms with Gasteiger partial charge in [-0.3, -0.25) is 0 Å². The summed E-state index contributed by atoms with van der Waals surface area (Å²) in [5.74, 6) is 0.273. The lowest BCUT2D eigenvalue weighted by atomic mass is 10.2. The van der Waals surface area contributed by atoms with Gasteiger partial charge in [-0.1, -0.05) is 12.1 Å². The molecule has 1 saturated carbocycles. The van der Waals surface area contributed by atoms with E-state index in [4.69, 9.17) is 0 Å². The van der Waals surface area contributed by atoms with Crippen LogP contribution in [0.4, 0.5) is 0 Å². The number of hydrogen-bond donors (Lipinski definition) is 2. The second-order valence-corrected chi connectivity index (χ2v) is 6.34. The van der Waals surface area contributed by atoms with E-state index in [1.165, 1.54) is 0 Å². The Morgan fingerprint density at radius 2 is 2.18 bits per heavy atom. The standard InChI is InChI=1S/C12H17NO3S/c1-9-3-2-4-11(7-9)17(15,16)13-8-12(14)10-5-6-10/h2-4,7,10,12-14H,5-6,8H2,1H3. The van der Waals surface area contributed by atoms with Gasteiger partial charge in [0.05, 0.1) is 11.0 Å². The van der Waals surface area contributed by atoms with Gasteiger partial charge < -0.3 is 5.11 Å². The maximum Gasteiger partial charge on any atom is 0.240 e. The van der Waals surface area contributed by atoms with Gasteiger partial charge in [-0.05, 0) is 43.4 Å². The number of hydrogen-bond acceptors (Lipinski definition) is 3. The van der Waals surface area contributed by atoms with Crippen molar-refractivity contribution in [2.75, 3.05) is 6.54 Å². The summed E-state index contributed by atoms with van der Waals surface area (Å²) in [4.78, 5) is 0.250. The number of nitrogens with one attached hydrogen (secondary N) is 1. The maximum atomic E-state index is 11.9. The van der Waals surface area contributed by atoms with Crippen LogP contribution in [0.25, 0.3) is 0 Å². The van der Waals surface area contributed by atoms with Crippen molar-refractivity contribution in [1.82, 2.24) is 4.72 Å². The van der Waals surface area contributed by atoms with Gasteiger partial charge >= 0.3 is 0 Å². The third-order valence-electron chi connectivity index (χ3n) is 2.95. The molecule has 1 aliphatic carbocycles. The van der Waals surface area contributed by atoms with E-state index in [0.29, 0.717) is 0 Å². The molecule has 1 fully saturated rings. The van der Waals surface area contributed by atoms with Crippen molar-refractivity contribution in [3.63, 3.8) is 0 Å². The molecule has 0 saturated heterocycles. The van der Waals surface area contributed by atoms with Gasteiger partial charge in [-0.15, -0.1) is 0 Å². The Morgan fingerprint density at radius 3 is 2.76 bits per heavy atom. The van der Waals surface area contributed by atoms with Gasteiger partial charge in [-0.25, -0.2) is 13.1 Å². The quantitative estimate of drug-likeness (QED) is 0.826. The van der Waals surface area contributed by atoms with Crippen LogP contribution in [0.3, 0.4) is 0 Å². The summed E-state index contributed by atoms with van der Waals surface area (Å²) in [6.07, 6.45) is 1.43. The molecule has 0 radical (unpaired) electrons. The zero-order valence-corrected chi connectivity index (χ0v) is 10.6. The summed E-state index contributed by atoms with van der Waals surface area (Å²) in [6.45, 7) is 1.94. The average molecular weight is 255 g/mol. The van der Waals surface area contributed by atoms with Crippen molar-refractivity contribution < 1.29 is 13.5 Å². The summed E-state index contributed by atoms with van der Waals surface area (Å²) < 4.78 is 26.3. The van der Waals surface area contributed by atoms with Crippen LogP contribution in [0.1, 0.15) is 18.4 Å². The van der Waals surface area contributed by atoms with E-state index in [9.17, 15) is 13.5 Å². The maximum absolute atomic E-state index is 11.9. The molecule has 0 aliphatic heterocycles.